The van der Waals surface area contributed by atoms with Crippen molar-refractivity contribution in [1.82, 2.24) is 4.90 Å². The first-order valence-electron chi connectivity index (χ1n) is 6.81. The lowest BCUT2D eigenvalue weighted by Crippen LogP contribution is -2.35. The van der Waals surface area contributed by atoms with E-state index in [1.807, 2.05) is 0 Å². The van der Waals surface area contributed by atoms with Crippen LogP contribution in [0, 0.1) is 5.92 Å². The first-order valence-corrected chi connectivity index (χ1v) is 6.81. The maximum Gasteiger partial charge on any atom is 0.123 e. The van der Waals surface area contributed by atoms with E-state index in [2.05, 4.69) is 41.3 Å². The number of likely N-dealkylation sites (tertiary alicyclic amines) is 1. The Bertz CT molecular complexity index is 443. The largest absolute Gasteiger partial charge is 0.303 e. The van der Waals surface area contributed by atoms with Gasteiger partial charge in [-0.3, -0.25) is 4.90 Å². The topological polar surface area (TPSA) is 20.3 Å². The van der Waals surface area contributed by atoms with Crippen molar-refractivity contribution in [2.75, 3.05) is 13.1 Å². The fourth-order valence-corrected chi connectivity index (χ4v) is 2.81. The van der Waals surface area contributed by atoms with Crippen molar-refractivity contribution in [3.63, 3.8) is 0 Å². The molecular weight excluding hydrogens is 222 g/mol. The van der Waals surface area contributed by atoms with Crippen LogP contribution in [0.3, 0.4) is 0 Å². The van der Waals surface area contributed by atoms with Crippen molar-refractivity contribution < 1.29 is 4.79 Å². The summed E-state index contributed by atoms with van der Waals surface area (Å²) < 4.78 is 0. The molecule has 18 heavy (non-hydrogen) atoms. The lowest BCUT2D eigenvalue weighted by Gasteiger charge is -2.29. The molecule has 2 fully saturated rings. The summed E-state index contributed by atoms with van der Waals surface area (Å²) in [4.78, 5) is 13.3. The summed E-state index contributed by atoms with van der Waals surface area (Å²) in [5.74, 6) is 0.307. The second-order valence-electron chi connectivity index (χ2n) is 5.36. The Balaban J connectivity index is 1.58. The molecular formula is C16H19NO. The number of benzene rings is 1. The Hall–Kier alpha value is -1.41. The van der Waals surface area contributed by atoms with Gasteiger partial charge in [0.15, 0.2) is 0 Å². The van der Waals surface area contributed by atoms with E-state index in [0.717, 1.165) is 32.2 Å². The van der Waals surface area contributed by atoms with Crippen molar-refractivity contribution in [3.8, 4) is 0 Å². The van der Waals surface area contributed by atoms with Gasteiger partial charge in [0.05, 0.1) is 0 Å². The Kier molecular flexibility index (Phi) is 3.28. The maximum absolute atomic E-state index is 10.7. The summed E-state index contributed by atoms with van der Waals surface area (Å²) in [5.41, 5.74) is 2.85. The molecule has 1 aliphatic carbocycles. The molecule has 3 rings (SSSR count). The molecule has 2 heteroatoms. The Morgan fingerprint density at radius 3 is 2.50 bits per heavy atom. The SMILES string of the molecule is O=CC1CCN(C2CC2=Cc2ccccc2)CC1. The predicted molar refractivity (Wildman–Crippen MR) is 73.2 cm³/mol. The highest BCUT2D eigenvalue weighted by atomic mass is 16.1. The lowest BCUT2D eigenvalue weighted by molar-refractivity contribution is -0.112. The summed E-state index contributed by atoms with van der Waals surface area (Å²) >= 11 is 0. The van der Waals surface area contributed by atoms with Crippen LogP contribution in [0.4, 0.5) is 0 Å². The monoisotopic (exact) mass is 241 g/mol. The van der Waals surface area contributed by atoms with Crippen LogP contribution < -0.4 is 0 Å². The normalized spacial score (nSPS) is 27.3. The minimum Gasteiger partial charge on any atom is -0.303 e. The van der Waals surface area contributed by atoms with Crippen molar-refractivity contribution in [2.24, 2.45) is 5.92 Å². The van der Waals surface area contributed by atoms with E-state index in [4.69, 9.17) is 0 Å². The molecule has 1 saturated carbocycles. The third kappa shape index (κ3) is 2.54. The summed E-state index contributed by atoms with van der Waals surface area (Å²) in [6.45, 7) is 2.17. The molecule has 1 atom stereocenters. The highest BCUT2D eigenvalue weighted by Gasteiger charge is 2.36. The van der Waals surface area contributed by atoms with E-state index in [9.17, 15) is 4.79 Å². The zero-order valence-corrected chi connectivity index (χ0v) is 10.6. The van der Waals surface area contributed by atoms with Gasteiger partial charge in [-0.2, -0.15) is 0 Å². The molecule has 1 aromatic rings. The van der Waals surface area contributed by atoms with E-state index in [0.29, 0.717) is 12.0 Å². The first kappa shape index (κ1) is 11.7. The van der Waals surface area contributed by atoms with E-state index >= 15 is 0 Å². The Morgan fingerprint density at radius 2 is 1.83 bits per heavy atom. The third-order valence-electron chi connectivity index (χ3n) is 4.06. The Morgan fingerprint density at radius 1 is 1.11 bits per heavy atom. The fourth-order valence-electron chi connectivity index (χ4n) is 2.81. The standard InChI is InChI=1S/C16H19NO/c18-12-14-6-8-17(9-7-14)16-11-15(16)10-13-4-2-1-3-5-13/h1-5,10,12,14,16H,6-9,11H2. The smallest absolute Gasteiger partial charge is 0.123 e. The quantitative estimate of drug-likeness (QED) is 0.758. The van der Waals surface area contributed by atoms with Gasteiger partial charge >= 0.3 is 0 Å². The molecule has 0 bridgehead atoms. The number of nitrogens with zero attached hydrogens (tertiary/aromatic N) is 1. The lowest BCUT2D eigenvalue weighted by atomic mass is 9.98. The van der Waals surface area contributed by atoms with Crippen LogP contribution in [0.2, 0.25) is 0 Å². The summed E-state index contributed by atoms with van der Waals surface area (Å²) in [6.07, 6.45) is 6.74. The number of rotatable bonds is 3. The summed E-state index contributed by atoms with van der Waals surface area (Å²) in [7, 11) is 0. The number of piperidine rings is 1. The Labute approximate surface area is 108 Å². The van der Waals surface area contributed by atoms with Gasteiger partial charge in [0, 0.05) is 12.0 Å². The van der Waals surface area contributed by atoms with Gasteiger partial charge in [-0.05, 0) is 37.9 Å². The molecule has 1 saturated heterocycles. The molecule has 94 valence electrons. The molecule has 0 aromatic heterocycles. The molecule has 0 radical (unpaired) electrons. The van der Waals surface area contributed by atoms with Gasteiger partial charge in [0.2, 0.25) is 0 Å². The molecule has 1 heterocycles. The van der Waals surface area contributed by atoms with Crippen LogP contribution in [-0.2, 0) is 4.79 Å². The van der Waals surface area contributed by atoms with Gasteiger partial charge in [0.25, 0.3) is 0 Å². The van der Waals surface area contributed by atoms with Crippen molar-refractivity contribution in [2.45, 2.75) is 25.3 Å². The van der Waals surface area contributed by atoms with Crippen molar-refractivity contribution in [3.05, 3.63) is 41.5 Å². The third-order valence-corrected chi connectivity index (χ3v) is 4.06. The predicted octanol–water partition coefficient (Wildman–Crippen LogP) is 2.75. The zero-order valence-electron chi connectivity index (χ0n) is 10.6. The van der Waals surface area contributed by atoms with Gasteiger partial charge in [-0.25, -0.2) is 0 Å². The fraction of sp³-hybridized carbons (Fsp3) is 0.438. The number of carbonyl (C=O) groups is 1. The molecule has 2 nitrogen and oxygen atoms in total. The molecule has 1 aliphatic heterocycles. The van der Waals surface area contributed by atoms with Crippen LogP contribution in [-0.4, -0.2) is 30.3 Å². The van der Waals surface area contributed by atoms with E-state index < -0.39 is 0 Å². The minimum absolute atomic E-state index is 0.307. The molecule has 0 spiro atoms. The minimum atomic E-state index is 0.307. The van der Waals surface area contributed by atoms with Crippen LogP contribution in [0.15, 0.2) is 35.9 Å². The first-order chi connectivity index (χ1) is 8.86. The van der Waals surface area contributed by atoms with Crippen molar-refractivity contribution >= 4 is 12.4 Å². The van der Waals surface area contributed by atoms with E-state index in [-0.39, 0.29) is 0 Å². The highest BCUT2D eigenvalue weighted by molar-refractivity contribution is 5.59. The second kappa shape index (κ2) is 5.07. The van der Waals surface area contributed by atoms with Gasteiger partial charge in [-0.1, -0.05) is 42.0 Å². The van der Waals surface area contributed by atoms with Crippen LogP contribution in [0.1, 0.15) is 24.8 Å². The van der Waals surface area contributed by atoms with Crippen LogP contribution in [0.5, 0.6) is 0 Å². The van der Waals surface area contributed by atoms with Crippen LogP contribution in [0.25, 0.3) is 6.08 Å². The number of carbonyl (C=O) groups excluding carboxylic acids is 1. The number of hydrogen-bond donors (Lipinski definition) is 0. The van der Waals surface area contributed by atoms with Crippen molar-refractivity contribution in [1.29, 1.82) is 0 Å². The summed E-state index contributed by atoms with van der Waals surface area (Å²) in [6, 6.07) is 11.2. The molecule has 2 aliphatic rings. The molecule has 1 unspecified atom stereocenters. The van der Waals surface area contributed by atoms with Gasteiger partial charge in [-0.15, -0.1) is 0 Å². The maximum atomic E-state index is 10.7. The average molecular weight is 241 g/mol. The highest BCUT2D eigenvalue weighted by Crippen LogP contribution is 2.38. The second-order valence-corrected chi connectivity index (χ2v) is 5.36. The molecule has 1 aromatic carbocycles. The number of aldehydes is 1. The van der Waals surface area contributed by atoms with Crippen LogP contribution >= 0.6 is 0 Å². The molecule has 0 amide bonds. The number of hydrogen-bond acceptors (Lipinski definition) is 2. The summed E-state index contributed by atoms with van der Waals surface area (Å²) in [5, 5.41) is 0. The van der Waals surface area contributed by atoms with Gasteiger partial charge in [0.1, 0.15) is 6.29 Å². The zero-order chi connectivity index (χ0) is 12.4. The average Bonchev–Trinajstić information content (AvgIpc) is 3.19. The van der Waals surface area contributed by atoms with E-state index in [1.54, 1.807) is 5.57 Å². The molecule has 0 N–H and O–H groups in total. The van der Waals surface area contributed by atoms with E-state index in [1.165, 1.54) is 12.0 Å². The van der Waals surface area contributed by atoms with Gasteiger partial charge < -0.3 is 4.79 Å².